The number of hydrogen-bond donors (Lipinski definition) is 5. The van der Waals surface area contributed by atoms with Crippen molar-refractivity contribution >= 4 is 57.8 Å². The van der Waals surface area contributed by atoms with Gasteiger partial charge in [-0.2, -0.15) is 0 Å². The van der Waals surface area contributed by atoms with Gasteiger partial charge in [0.05, 0.1) is 6.42 Å². The molecule has 0 aliphatic heterocycles. The predicted molar refractivity (Wildman–Crippen MR) is 147 cm³/mol. The lowest BCUT2D eigenvalue weighted by molar-refractivity contribution is -0.136. The summed E-state index contributed by atoms with van der Waals surface area (Å²) < 4.78 is 5.24. The summed E-state index contributed by atoms with van der Waals surface area (Å²) in [7, 11) is 0. The summed E-state index contributed by atoms with van der Waals surface area (Å²) in [6.07, 6.45) is 0.0710. The zero-order chi connectivity index (χ0) is 28.6. The maximum Gasteiger partial charge on any atom is 0.412 e. The van der Waals surface area contributed by atoms with E-state index in [-0.39, 0.29) is 22.9 Å². The number of nitrogens with one attached hydrogen (secondary N) is 3. The number of aryl methyl sites for hydroxylation is 1. The van der Waals surface area contributed by atoms with Crippen LogP contribution in [0.25, 0.3) is 10.9 Å². The topological polar surface area (TPSA) is 158 Å². The lowest BCUT2D eigenvalue weighted by Gasteiger charge is -2.28. The number of carboxylic acid groups (broad SMARTS) is 2. The molecule has 0 bridgehead atoms. The number of aromatic nitrogens is 1. The predicted octanol–water partition coefficient (Wildman–Crippen LogP) is 5.80. The van der Waals surface area contributed by atoms with E-state index in [0.717, 1.165) is 10.9 Å². The average Bonchev–Trinajstić information content (AvgIpc) is 3.19. The summed E-state index contributed by atoms with van der Waals surface area (Å²) in [5.41, 5.74) is 2.31. The Balaban J connectivity index is 1.61. The smallest absolute Gasteiger partial charge is 0.412 e. The van der Waals surface area contributed by atoms with Crippen molar-refractivity contribution in [2.24, 2.45) is 5.92 Å². The molecule has 206 valence electrons. The molecule has 2 atom stereocenters. The number of aromatic amines is 1. The molecule has 2 aromatic carbocycles. The van der Waals surface area contributed by atoms with Crippen LogP contribution < -0.4 is 10.6 Å². The summed E-state index contributed by atoms with van der Waals surface area (Å²) in [5.74, 6) is -3.66. The third-order valence-corrected chi connectivity index (χ3v) is 6.88. The summed E-state index contributed by atoms with van der Waals surface area (Å²) >= 11 is 6.22. The Labute approximate surface area is 229 Å². The number of benzene rings is 2. The summed E-state index contributed by atoms with van der Waals surface area (Å²) in [5, 5.41) is 26.0. The first-order valence-electron chi connectivity index (χ1n) is 12.5. The van der Waals surface area contributed by atoms with Gasteiger partial charge in [0.2, 0.25) is 5.91 Å². The number of hydrogen-bond acceptors (Lipinski definition) is 5. The number of carbonyl (C=O) groups is 4. The number of aliphatic carboxylic acids is 1. The largest absolute Gasteiger partial charge is 0.481 e. The quantitative estimate of drug-likeness (QED) is 0.246. The van der Waals surface area contributed by atoms with Gasteiger partial charge in [-0.25, -0.2) is 9.59 Å². The van der Waals surface area contributed by atoms with Crippen LogP contribution in [0.2, 0.25) is 5.02 Å². The number of carbonyl (C=O) groups excluding carboxylic acids is 2. The van der Waals surface area contributed by atoms with Gasteiger partial charge in [0.25, 0.3) is 0 Å². The summed E-state index contributed by atoms with van der Waals surface area (Å²) in [6.45, 7) is 6.89. The third-order valence-electron chi connectivity index (χ3n) is 6.66. The van der Waals surface area contributed by atoms with Crippen LogP contribution in [0.15, 0.2) is 30.3 Å². The molecule has 39 heavy (non-hydrogen) atoms. The number of aromatic carboxylic acids is 1. The first-order valence-corrected chi connectivity index (χ1v) is 12.8. The van der Waals surface area contributed by atoms with Gasteiger partial charge in [-0.15, -0.1) is 0 Å². The van der Waals surface area contributed by atoms with Crippen molar-refractivity contribution in [2.75, 3.05) is 10.6 Å². The molecule has 3 aromatic rings. The second kappa shape index (κ2) is 10.6. The molecule has 0 saturated carbocycles. The lowest BCUT2D eigenvalue weighted by atomic mass is 9.76. The molecule has 5 N–H and O–H groups in total. The van der Waals surface area contributed by atoms with E-state index in [1.54, 1.807) is 33.8 Å². The summed E-state index contributed by atoms with van der Waals surface area (Å²) in [6, 6.07) is 8.02. The van der Waals surface area contributed by atoms with Gasteiger partial charge in [-0.3, -0.25) is 14.9 Å². The molecular formula is C28H30ClN3O7. The third kappa shape index (κ3) is 6.17. The second-order valence-corrected chi connectivity index (χ2v) is 11.1. The van der Waals surface area contributed by atoms with Crippen LogP contribution in [-0.2, 0) is 27.2 Å². The van der Waals surface area contributed by atoms with E-state index in [0.29, 0.717) is 34.6 Å². The molecule has 0 radical (unpaired) electrons. The van der Waals surface area contributed by atoms with Crippen LogP contribution in [-0.4, -0.2) is 44.7 Å². The molecule has 0 spiro atoms. The van der Waals surface area contributed by atoms with E-state index in [1.807, 2.05) is 6.07 Å². The molecule has 1 aliphatic carbocycles. The highest BCUT2D eigenvalue weighted by Crippen LogP contribution is 2.44. The van der Waals surface area contributed by atoms with Crippen molar-refractivity contribution in [3.05, 3.63) is 57.7 Å². The minimum atomic E-state index is -1.13. The fraction of sp³-hybridized carbons (Fsp3) is 0.357. The SMILES string of the molecule is CC(C(=O)Nc1ccc(NC(=O)OC(C)(C)C)cc1CC(=O)O)C1CCc2cc(Cl)cc3[nH]c(C(=O)O)c1c23. The van der Waals surface area contributed by atoms with Gasteiger partial charge in [0.1, 0.15) is 11.3 Å². The van der Waals surface area contributed by atoms with Gasteiger partial charge >= 0.3 is 18.0 Å². The van der Waals surface area contributed by atoms with Crippen molar-refractivity contribution in [3.8, 4) is 0 Å². The van der Waals surface area contributed by atoms with Crippen LogP contribution in [0.5, 0.6) is 0 Å². The minimum absolute atomic E-state index is 0.0296. The Morgan fingerprint density at radius 1 is 1.13 bits per heavy atom. The van der Waals surface area contributed by atoms with Crippen molar-refractivity contribution in [1.82, 2.24) is 4.98 Å². The van der Waals surface area contributed by atoms with E-state index in [9.17, 15) is 29.4 Å². The molecule has 2 amide bonds. The molecule has 2 unspecified atom stereocenters. The highest BCUT2D eigenvalue weighted by Gasteiger charge is 2.35. The number of H-pyrrole nitrogens is 1. The van der Waals surface area contributed by atoms with Crippen molar-refractivity contribution in [2.45, 2.75) is 58.5 Å². The van der Waals surface area contributed by atoms with E-state index < -0.39 is 41.9 Å². The van der Waals surface area contributed by atoms with Gasteiger partial charge in [0.15, 0.2) is 0 Å². The lowest BCUT2D eigenvalue weighted by Crippen LogP contribution is -2.29. The Bertz CT molecular complexity index is 1490. The maximum absolute atomic E-state index is 13.4. The van der Waals surface area contributed by atoms with Gasteiger partial charge < -0.3 is 25.3 Å². The molecular weight excluding hydrogens is 526 g/mol. The number of amides is 2. The normalized spacial score (nSPS) is 15.5. The Hall–Kier alpha value is -4.05. The zero-order valence-corrected chi connectivity index (χ0v) is 22.7. The van der Waals surface area contributed by atoms with Gasteiger partial charge in [-0.05, 0) is 86.6 Å². The van der Waals surface area contributed by atoms with E-state index in [1.165, 1.54) is 18.2 Å². The van der Waals surface area contributed by atoms with E-state index in [2.05, 4.69) is 15.6 Å². The van der Waals surface area contributed by atoms with Crippen LogP contribution in [0.1, 0.15) is 67.2 Å². The Morgan fingerprint density at radius 3 is 2.49 bits per heavy atom. The molecule has 10 nitrogen and oxygen atoms in total. The van der Waals surface area contributed by atoms with Crippen LogP contribution in [0, 0.1) is 5.92 Å². The Morgan fingerprint density at radius 2 is 1.85 bits per heavy atom. The van der Waals surface area contributed by atoms with Crippen LogP contribution in [0.3, 0.4) is 0 Å². The molecule has 4 rings (SSSR count). The Kier molecular flexibility index (Phi) is 7.61. The van der Waals surface area contributed by atoms with Crippen LogP contribution >= 0.6 is 11.6 Å². The van der Waals surface area contributed by atoms with E-state index in [4.69, 9.17) is 16.3 Å². The number of halogens is 1. The maximum atomic E-state index is 13.4. The minimum Gasteiger partial charge on any atom is -0.481 e. The van der Waals surface area contributed by atoms with Crippen molar-refractivity contribution in [1.29, 1.82) is 0 Å². The zero-order valence-electron chi connectivity index (χ0n) is 22.0. The number of anilines is 2. The second-order valence-electron chi connectivity index (χ2n) is 10.7. The molecule has 0 saturated heterocycles. The summed E-state index contributed by atoms with van der Waals surface area (Å²) in [4.78, 5) is 52.1. The molecule has 0 fully saturated rings. The van der Waals surface area contributed by atoms with Crippen LogP contribution in [0.4, 0.5) is 16.2 Å². The first-order chi connectivity index (χ1) is 18.2. The number of ether oxygens (including phenoxy) is 1. The molecule has 1 aromatic heterocycles. The van der Waals surface area contributed by atoms with Crippen molar-refractivity contribution in [3.63, 3.8) is 0 Å². The van der Waals surface area contributed by atoms with Gasteiger partial charge in [0, 0.05) is 33.2 Å². The first kappa shape index (κ1) is 28.0. The fourth-order valence-electron chi connectivity index (χ4n) is 5.05. The van der Waals surface area contributed by atoms with Gasteiger partial charge in [-0.1, -0.05) is 18.5 Å². The molecule has 1 aliphatic rings. The van der Waals surface area contributed by atoms with Crippen molar-refractivity contribution < 1.29 is 34.1 Å². The molecule has 1 heterocycles. The standard InChI is InChI=1S/C28H30ClN3O7/c1-13(18-7-5-14-9-16(29)12-20-22(14)23(18)24(31-20)26(36)37)25(35)32-19-8-6-17(10-15(19)11-21(33)34)30-27(38)39-28(2,3)4/h6,8-10,12-13,18,31H,5,7,11H2,1-4H3,(H,30,38)(H,32,35)(H,33,34)(H,36,37). The fourth-order valence-corrected chi connectivity index (χ4v) is 5.29. The number of carboxylic acids is 2. The number of rotatable bonds is 7. The van der Waals surface area contributed by atoms with E-state index >= 15 is 0 Å². The highest BCUT2D eigenvalue weighted by molar-refractivity contribution is 6.31. The monoisotopic (exact) mass is 555 g/mol. The highest BCUT2D eigenvalue weighted by atomic mass is 35.5. The molecule has 11 heteroatoms. The average molecular weight is 556 g/mol.